The second-order valence-corrected chi connectivity index (χ2v) is 7.30. The smallest absolute Gasteiger partial charge is 0.188 e. The number of pyridine rings is 1. The van der Waals surface area contributed by atoms with Gasteiger partial charge in [0, 0.05) is 17.4 Å². The zero-order valence-electron chi connectivity index (χ0n) is 12.3. The summed E-state index contributed by atoms with van der Waals surface area (Å²) in [6, 6.07) is 10.4. The normalized spacial score (nSPS) is 12.1. The molecule has 0 fully saturated rings. The molecule has 1 atom stereocenters. The van der Waals surface area contributed by atoms with E-state index in [2.05, 4.69) is 15.3 Å². The van der Waals surface area contributed by atoms with Crippen LogP contribution in [0.25, 0.3) is 11.3 Å². The summed E-state index contributed by atoms with van der Waals surface area (Å²) in [6.07, 6.45) is 1.59. The molecule has 24 heavy (non-hydrogen) atoms. The maximum atomic E-state index is 11.2. The molecule has 2 heterocycles. The van der Waals surface area contributed by atoms with Crippen LogP contribution in [0.3, 0.4) is 0 Å². The van der Waals surface area contributed by atoms with Gasteiger partial charge in [-0.05, 0) is 36.4 Å². The van der Waals surface area contributed by atoms with Crippen molar-refractivity contribution in [2.45, 2.75) is 11.5 Å². The van der Waals surface area contributed by atoms with E-state index >= 15 is 0 Å². The summed E-state index contributed by atoms with van der Waals surface area (Å²) in [5.41, 5.74) is 2.23. The monoisotopic (exact) mass is 380 g/mol. The van der Waals surface area contributed by atoms with Crippen LogP contribution in [-0.4, -0.2) is 19.3 Å². The minimum absolute atomic E-state index is 0.125. The summed E-state index contributed by atoms with van der Waals surface area (Å²) in [4.78, 5) is 9.73. The molecular weight excluding hydrogens is 368 g/mol. The van der Waals surface area contributed by atoms with Gasteiger partial charge >= 0.3 is 0 Å². The number of nitrogens with one attached hydrogen (secondary N) is 1. The van der Waals surface area contributed by atoms with Crippen molar-refractivity contribution in [3.63, 3.8) is 0 Å². The van der Waals surface area contributed by atoms with Gasteiger partial charge in [0.25, 0.3) is 0 Å². The number of hydrogen-bond donors (Lipinski definition) is 3. The van der Waals surface area contributed by atoms with Gasteiger partial charge in [0.05, 0.1) is 22.1 Å². The van der Waals surface area contributed by atoms with Crippen LogP contribution in [0.2, 0.25) is 5.15 Å². The summed E-state index contributed by atoms with van der Waals surface area (Å²) in [7, 11) is -1.50. The number of nitrogens with zero attached hydrogens (tertiary/aromatic N) is 2. The largest absolute Gasteiger partial charge is 0.391 e. The topological polar surface area (TPSA) is 101 Å². The number of thiazole rings is 1. The first-order chi connectivity index (χ1) is 11.6. The van der Waals surface area contributed by atoms with E-state index in [9.17, 15) is 9.32 Å². The summed E-state index contributed by atoms with van der Waals surface area (Å²) < 4.78 is 11.2. The van der Waals surface area contributed by atoms with E-state index in [0.29, 0.717) is 20.9 Å². The first-order valence-corrected chi connectivity index (χ1v) is 9.23. The van der Waals surface area contributed by atoms with E-state index in [1.807, 2.05) is 0 Å². The Morgan fingerprint density at radius 3 is 2.67 bits per heavy atom. The molecule has 0 aliphatic heterocycles. The highest BCUT2D eigenvalue weighted by atomic mass is 35.5. The van der Waals surface area contributed by atoms with Crippen LogP contribution < -0.4 is 10.5 Å². The third-order valence-corrected chi connectivity index (χ3v) is 5.08. The van der Waals surface area contributed by atoms with Crippen LogP contribution in [-0.2, 0) is 17.6 Å². The van der Waals surface area contributed by atoms with E-state index in [1.54, 1.807) is 42.6 Å². The Morgan fingerprint density at radius 2 is 2.04 bits per heavy atom. The molecule has 0 bridgehead atoms. The molecule has 1 aromatic carbocycles. The Labute approximate surface area is 149 Å². The average molecular weight is 381 g/mol. The molecular formula is C15H13ClN4O2S2. The molecule has 0 saturated heterocycles. The van der Waals surface area contributed by atoms with Gasteiger partial charge in [-0.15, -0.1) is 0 Å². The minimum atomic E-state index is -1.50. The van der Waals surface area contributed by atoms with Crippen LogP contribution in [0.5, 0.6) is 0 Å². The molecule has 0 radical (unpaired) electrons. The van der Waals surface area contributed by atoms with Crippen molar-refractivity contribution < 1.29 is 9.32 Å². The lowest BCUT2D eigenvalue weighted by molar-refractivity contribution is 0.286. The minimum Gasteiger partial charge on any atom is -0.391 e. The number of aromatic nitrogens is 2. The van der Waals surface area contributed by atoms with Crippen LogP contribution in [0.1, 0.15) is 4.88 Å². The highest BCUT2D eigenvalue weighted by molar-refractivity contribution is 7.82. The van der Waals surface area contributed by atoms with Gasteiger partial charge in [-0.3, -0.25) is 0 Å². The number of benzene rings is 1. The molecule has 0 spiro atoms. The predicted molar refractivity (Wildman–Crippen MR) is 96.6 cm³/mol. The molecule has 3 rings (SSSR count). The van der Waals surface area contributed by atoms with E-state index in [1.165, 1.54) is 11.3 Å². The zero-order chi connectivity index (χ0) is 17.1. The van der Waals surface area contributed by atoms with Gasteiger partial charge in [-0.1, -0.05) is 22.9 Å². The number of nitrogens with two attached hydrogens (primary N) is 1. The first kappa shape index (κ1) is 17.0. The molecule has 9 heteroatoms. The maximum Gasteiger partial charge on any atom is 0.188 e. The number of rotatable bonds is 5. The van der Waals surface area contributed by atoms with Crippen LogP contribution in [0.4, 0.5) is 10.8 Å². The molecule has 3 aromatic rings. The Bertz CT molecular complexity index is 883. The molecule has 6 nitrogen and oxygen atoms in total. The lowest BCUT2D eigenvalue weighted by atomic mass is 10.2. The van der Waals surface area contributed by atoms with Crippen molar-refractivity contribution in [3.8, 4) is 11.3 Å². The average Bonchev–Trinajstić information content (AvgIpc) is 2.98. The summed E-state index contributed by atoms with van der Waals surface area (Å²) in [5.74, 6) is 0. The third-order valence-electron chi connectivity index (χ3n) is 3.18. The molecule has 2 aromatic heterocycles. The summed E-state index contributed by atoms with van der Waals surface area (Å²) in [5, 5.41) is 19.1. The molecule has 0 saturated carbocycles. The van der Waals surface area contributed by atoms with Gasteiger partial charge in [-0.25, -0.2) is 19.3 Å². The first-order valence-electron chi connectivity index (χ1n) is 6.82. The molecule has 0 amide bonds. The summed E-state index contributed by atoms with van der Waals surface area (Å²) in [6.45, 7) is -0.125. The number of hydrogen-bond acceptors (Lipinski definition) is 6. The van der Waals surface area contributed by atoms with Gasteiger partial charge in [0.1, 0.15) is 16.1 Å². The number of anilines is 2. The van der Waals surface area contributed by atoms with Crippen molar-refractivity contribution in [2.24, 2.45) is 5.14 Å². The number of aliphatic hydroxyl groups is 1. The third kappa shape index (κ3) is 3.80. The quantitative estimate of drug-likeness (QED) is 0.590. The van der Waals surface area contributed by atoms with E-state index in [0.717, 1.165) is 16.1 Å². The SMILES string of the molecule is NS(=O)c1ccc(Nc2nc(-c3ccnc(Cl)c3)c(CO)s2)cc1. The van der Waals surface area contributed by atoms with E-state index in [4.69, 9.17) is 16.7 Å². The molecule has 4 N–H and O–H groups in total. The highest BCUT2D eigenvalue weighted by Crippen LogP contribution is 2.33. The van der Waals surface area contributed by atoms with Crippen LogP contribution >= 0.6 is 22.9 Å². The number of aliphatic hydroxyl groups excluding tert-OH is 1. The summed E-state index contributed by atoms with van der Waals surface area (Å²) >= 11 is 7.26. The molecule has 1 unspecified atom stereocenters. The van der Waals surface area contributed by atoms with Crippen LogP contribution in [0.15, 0.2) is 47.5 Å². The molecule has 124 valence electrons. The predicted octanol–water partition coefficient (Wildman–Crippen LogP) is 3.08. The van der Waals surface area contributed by atoms with Gasteiger partial charge in [-0.2, -0.15) is 0 Å². The van der Waals surface area contributed by atoms with E-state index < -0.39 is 11.0 Å². The molecule has 0 aliphatic rings. The lowest BCUT2D eigenvalue weighted by Gasteiger charge is -2.03. The Morgan fingerprint density at radius 1 is 1.29 bits per heavy atom. The standard InChI is InChI=1S/C15H13ClN4O2S2/c16-13-7-9(5-6-18-13)14-12(8-21)23-15(20-14)19-10-1-3-11(4-2-10)24(17)22/h1-7,21H,8,17H2,(H,19,20). The maximum absolute atomic E-state index is 11.2. The van der Waals surface area contributed by atoms with Crippen molar-refractivity contribution in [3.05, 3.63) is 52.6 Å². The van der Waals surface area contributed by atoms with Crippen molar-refractivity contribution in [1.29, 1.82) is 0 Å². The van der Waals surface area contributed by atoms with E-state index in [-0.39, 0.29) is 6.61 Å². The Balaban J connectivity index is 1.88. The fraction of sp³-hybridized carbons (Fsp3) is 0.0667. The fourth-order valence-electron chi connectivity index (χ4n) is 2.08. The van der Waals surface area contributed by atoms with Crippen molar-refractivity contribution >= 4 is 44.7 Å². The lowest BCUT2D eigenvalue weighted by Crippen LogP contribution is -2.02. The Hall–Kier alpha value is -1.84. The zero-order valence-corrected chi connectivity index (χ0v) is 14.7. The molecule has 0 aliphatic carbocycles. The van der Waals surface area contributed by atoms with Crippen LogP contribution in [0, 0.1) is 0 Å². The van der Waals surface area contributed by atoms with Gasteiger partial charge in [0.15, 0.2) is 5.13 Å². The second kappa shape index (κ2) is 7.37. The van der Waals surface area contributed by atoms with Crippen molar-refractivity contribution in [1.82, 2.24) is 9.97 Å². The fourth-order valence-corrected chi connectivity index (χ4v) is 3.53. The van der Waals surface area contributed by atoms with Gasteiger partial charge in [0.2, 0.25) is 0 Å². The number of halogens is 1. The second-order valence-electron chi connectivity index (χ2n) is 4.76. The van der Waals surface area contributed by atoms with Gasteiger partial charge < -0.3 is 10.4 Å². The van der Waals surface area contributed by atoms with Crippen molar-refractivity contribution in [2.75, 3.05) is 5.32 Å². The highest BCUT2D eigenvalue weighted by Gasteiger charge is 2.13. The Kier molecular flexibility index (Phi) is 5.22.